The lowest BCUT2D eigenvalue weighted by Gasteiger charge is -2.16. The number of amides is 1. The van der Waals surface area contributed by atoms with Gasteiger partial charge in [0.05, 0.1) is 0 Å². The van der Waals surface area contributed by atoms with Gasteiger partial charge < -0.3 is 20.5 Å². The Morgan fingerprint density at radius 2 is 2.19 bits per heavy atom. The molecule has 0 radical (unpaired) electrons. The van der Waals surface area contributed by atoms with E-state index in [2.05, 4.69) is 20.6 Å². The molecule has 3 N–H and O–H groups in total. The van der Waals surface area contributed by atoms with Gasteiger partial charge in [0.2, 0.25) is 5.91 Å². The van der Waals surface area contributed by atoms with Crippen LogP contribution in [0.25, 0.3) is 11.1 Å². The number of likely N-dealkylation sites (tertiary alicyclic amines) is 1. The standard InChI is InChI=1S/C19H23N5O2/c1-20-7-2-3-18(25)24-10-6-16(13-24)23-17-11-15(12-22-19(17)26)14-4-8-21-9-5-14/h2-5,8-9,11-12,16,20,23H,6-7,10,13H2,1H3,(H,22,26)/t16-/m0/s1. The highest BCUT2D eigenvalue weighted by atomic mass is 16.2. The molecule has 2 aromatic rings. The van der Waals surface area contributed by atoms with Crippen LogP contribution in [-0.2, 0) is 4.79 Å². The van der Waals surface area contributed by atoms with Crippen LogP contribution in [0.4, 0.5) is 5.69 Å². The molecule has 136 valence electrons. The number of hydrogen-bond acceptors (Lipinski definition) is 5. The van der Waals surface area contributed by atoms with Crippen LogP contribution in [0, 0.1) is 0 Å². The molecule has 0 spiro atoms. The molecule has 0 aromatic carbocycles. The van der Waals surface area contributed by atoms with E-state index in [-0.39, 0.29) is 17.5 Å². The number of likely N-dealkylation sites (N-methyl/N-ethyl adjacent to an activating group) is 1. The minimum atomic E-state index is -0.165. The van der Waals surface area contributed by atoms with Gasteiger partial charge in [-0.3, -0.25) is 14.6 Å². The van der Waals surface area contributed by atoms with E-state index in [0.717, 1.165) is 17.5 Å². The molecule has 2 aromatic heterocycles. The van der Waals surface area contributed by atoms with Crippen LogP contribution >= 0.6 is 0 Å². The van der Waals surface area contributed by atoms with Gasteiger partial charge in [0.1, 0.15) is 5.69 Å². The van der Waals surface area contributed by atoms with Gasteiger partial charge in [-0.15, -0.1) is 0 Å². The molecule has 1 fully saturated rings. The van der Waals surface area contributed by atoms with Crippen molar-refractivity contribution in [3.63, 3.8) is 0 Å². The zero-order valence-corrected chi connectivity index (χ0v) is 14.7. The third kappa shape index (κ3) is 4.37. The lowest BCUT2D eigenvalue weighted by molar-refractivity contribution is -0.125. The summed E-state index contributed by atoms with van der Waals surface area (Å²) in [5.74, 6) is 0.00370. The van der Waals surface area contributed by atoms with Crippen molar-refractivity contribution in [1.29, 1.82) is 0 Å². The Balaban J connectivity index is 1.66. The zero-order valence-electron chi connectivity index (χ0n) is 14.7. The molecule has 1 aliphatic rings. The molecule has 3 rings (SSSR count). The first-order valence-corrected chi connectivity index (χ1v) is 8.67. The first-order valence-electron chi connectivity index (χ1n) is 8.67. The first kappa shape index (κ1) is 17.9. The number of H-pyrrole nitrogens is 1. The quantitative estimate of drug-likeness (QED) is 0.680. The van der Waals surface area contributed by atoms with Gasteiger partial charge in [0, 0.05) is 55.9 Å². The number of anilines is 1. The van der Waals surface area contributed by atoms with Crippen molar-refractivity contribution in [1.82, 2.24) is 20.2 Å². The molecule has 0 saturated carbocycles. The van der Waals surface area contributed by atoms with E-state index >= 15 is 0 Å². The molecular formula is C19H23N5O2. The summed E-state index contributed by atoms with van der Waals surface area (Å²) < 4.78 is 0. The van der Waals surface area contributed by atoms with Crippen molar-refractivity contribution in [2.24, 2.45) is 0 Å². The molecule has 1 saturated heterocycles. The summed E-state index contributed by atoms with van der Waals surface area (Å²) in [5.41, 5.74) is 2.25. The van der Waals surface area contributed by atoms with Crippen molar-refractivity contribution < 1.29 is 4.79 Å². The second-order valence-electron chi connectivity index (χ2n) is 6.24. The largest absolute Gasteiger partial charge is 0.376 e. The number of hydrogen-bond donors (Lipinski definition) is 3. The van der Waals surface area contributed by atoms with Crippen molar-refractivity contribution in [3.8, 4) is 11.1 Å². The van der Waals surface area contributed by atoms with Gasteiger partial charge in [0.25, 0.3) is 5.56 Å². The van der Waals surface area contributed by atoms with Crippen molar-refractivity contribution >= 4 is 11.6 Å². The SMILES string of the molecule is CNCC=CC(=O)N1CC[C@H](Nc2cc(-c3ccncc3)c[nH]c2=O)C1. The van der Waals surface area contributed by atoms with E-state index in [0.29, 0.717) is 25.3 Å². The van der Waals surface area contributed by atoms with Crippen molar-refractivity contribution in [2.75, 3.05) is 32.0 Å². The third-order valence-corrected chi connectivity index (χ3v) is 4.36. The molecule has 7 heteroatoms. The number of pyridine rings is 2. The van der Waals surface area contributed by atoms with E-state index in [1.165, 1.54) is 0 Å². The fourth-order valence-electron chi connectivity index (χ4n) is 2.98. The average Bonchev–Trinajstić information content (AvgIpc) is 3.13. The number of nitrogens with one attached hydrogen (secondary N) is 3. The summed E-state index contributed by atoms with van der Waals surface area (Å²) in [6.07, 6.45) is 9.34. The Kier molecular flexibility index (Phi) is 5.80. The third-order valence-electron chi connectivity index (χ3n) is 4.36. The number of carbonyl (C=O) groups is 1. The highest BCUT2D eigenvalue weighted by molar-refractivity contribution is 5.87. The molecular weight excluding hydrogens is 330 g/mol. The maximum atomic E-state index is 12.2. The maximum Gasteiger partial charge on any atom is 0.271 e. The Hall–Kier alpha value is -2.93. The van der Waals surface area contributed by atoms with E-state index in [1.54, 1.807) is 29.6 Å². The van der Waals surface area contributed by atoms with Gasteiger partial charge in [-0.1, -0.05) is 6.08 Å². The van der Waals surface area contributed by atoms with Gasteiger partial charge in [-0.2, -0.15) is 0 Å². The smallest absolute Gasteiger partial charge is 0.271 e. The summed E-state index contributed by atoms with van der Waals surface area (Å²) in [5, 5.41) is 6.25. The van der Waals surface area contributed by atoms with Gasteiger partial charge in [-0.25, -0.2) is 0 Å². The van der Waals surface area contributed by atoms with Crippen LogP contribution in [0.3, 0.4) is 0 Å². The summed E-state index contributed by atoms with van der Waals surface area (Å²) in [7, 11) is 1.84. The Morgan fingerprint density at radius 3 is 2.96 bits per heavy atom. The highest BCUT2D eigenvalue weighted by Crippen LogP contribution is 2.20. The molecule has 0 aliphatic carbocycles. The Bertz CT molecular complexity index is 831. The van der Waals surface area contributed by atoms with Crippen LogP contribution in [0.5, 0.6) is 0 Å². The van der Waals surface area contributed by atoms with E-state index < -0.39 is 0 Å². The van der Waals surface area contributed by atoms with Crippen LogP contribution < -0.4 is 16.2 Å². The molecule has 7 nitrogen and oxygen atoms in total. The van der Waals surface area contributed by atoms with Gasteiger partial charge >= 0.3 is 0 Å². The molecule has 3 heterocycles. The number of aromatic amines is 1. The van der Waals surface area contributed by atoms with Gasteiger partial charge in [0.15, 0.2) is 0 Å². The lowest BCUT2D eigenvalue weighted by atomic mass is 10.1. The number of carbonyl (C=O) groups excluding carboxylic acids is 1. The fourth-order valence-corrected chi connectivity index (χ4v) is 2.98. The number of aromatic nitrogens is 2. The molecule has 1 amide bonds. The number of nitrogens with zero attached hydrogens (tertiary/aromatic N) is 2. The minimum absolute atomic E-state index is 0.00370. The first-order chi connectivity index (χ1) is 12.7. The van der Waals surface area contributed by atoms with Crippen LogP contribution in [0.2, 0.25) is 0 Å². The number of rotatable bonds is 6. The molecule has 1 atom stereocenters. The Labute approximate surface area is 152 Å². The topological polar surface area (TPSA) is 90.1 Å². The van der Waals surface area contributed by atoms with Crippen LogP contribution in [0.1, 0.15) is 6.42 Å². The second-order valence-corrected chi connectivity index (χ2v) is 6.24. The second kappa shape index (κ2) is 8.44. The monoisotopic (exact) mass is 353 g/mol. The summed E-state index contributed by atoms with van der Waals surface area (Å²) >= 11 is 0. The van der Waals surface area contributed by atoms with Crippen molar-refractivity contribution in [2.45, 2.75) is 12.5 Å². The average molecular weight is 353 g/mol. The predicted octanol–water partition coefficient (Wildman–Crippen LogP) is 1.23. The summed E-state index contributed by atoms with van der Waals surface area (Å²) in [6, 6.07) is 5.69. The summed E-state index contributed by atoms with van der Waals surface area (Å²) in [4.78, 5) is 32.9. The molecule has 0 unspecified atom stereocenters. The van der Waals surface area contributed by atoms with E-state index in [4.69, 9.17) is 0 Å². The molecule has 0 bridgehead atoms. The molecule has 1 aliphatic heterocycles. The Morgan fingerprint density at radius 1 is 1.38 bits per heavy atom. The predicted molar refractivity (Wildman–Crippen MR) is 102 cm³/mol. The zero-order chi connectivity index (χ0) is 18.4. The van der Waals surface area contributed by atoms with E-state index in [1.807, 2.05) is 31.3 Å². The van der Waals surface area contributed by atoms with Crippen LogP contribution in [-0.4, -0.2) is 53.5 Å². The molecule has 26 heavy (non-hydrogen) atoms. The van der Waals surface area contributed by atoms with E-state index in [9.17, 15) is 9.59 Å². The lowest BCUT2D eigenvalue weighted by Crippen LogP contribution is -2.31. The minimum Gasteiger partial charge on any atom is -0.376 e. The fraction of sp³-hybridized carbons (Fsp3) is 0.316. The van der Waals surface area contributed by atoms with Crippen LogP contribution in [0.15, 0.2) is 53.7 Å². The van der Waals surface area contributed by atoms with Crippen molar-refractivity contribution in [3.05, 3.63) is 59.3 Å². The van der Waals surface area contributed by atoms with Gasteiger partial charge in [-0.05, 0) is 37.2 Å². The normalized spacial score (nSPS) is 17.0. The maximum absolute atomic E-state index is 12.2. The summed E-state index contributed by atoms with van der Waals surface area (Å²) in [6.45, 7) is 1.93. The highest BCUT2D eigenvalue weighted by Gasteiger charge is 2.25.